The van der Waals surface area contributed by atoms with Crippen molar-refractivity contribution in [2.75, 3.05) is 6.54 Å². The number of hydrogen-bond donors (Lipinski definition) is 1. The molecule has 1 heterocycles. The molecule has 0 spiro atoms. The second-order valence-corrected chi connectivity index (χ2v) is 5.75. The first-order valence-electron chi connectivity index (χ1n) is 7.48. The van der Waals surface area contributed by atoms with Gasteiger partial charge in [-0.1, -0.05) is 26.7 Å². The minimum Gasteiger partial charge on any atom is -0.314 e. The van der Waals surface area contributed by atoms with E-state index < -0.39 is 0 Å². The lowest BCUT2D eigenvalue weighted by atomic mass is 9.98. The van der Waals surface area contributed by atoms with E-state index in [0.29, 0.717) is 18.0 Å². The molecule has 0 saturated heterocycles. The lowest BCUT2D eigenvalue weighted by molar-refractivity contribution is 0.398. The van der Waals surface area contributed by atoms with Gasteiger partial charge < -0.3 is 5.32 Å². The van der Waals surface area contributed by atoms with Crippen LogP contribution in [0.25, 0.3) is 0 Å². The van der Waals surface area contributed by atoms with Gasteiger partial charge in [-0.05, 0) is 44.7 Å². The topological polar surface area (TPSA) is 29.9 Å². The van der Waals surface area contributed by atoms with E-state index in [1.165, 1.54) is 31.4 Å². The van der Waals surface area contributed by atoms with Crippen LogP contribution in [-0.2, 0) is 6.42 Å². The average molecular weight is 249 g/mol. The van der Waals surface area contributed by atoms with Crippen LogP contribution >= 0.6 is 0 Å². The molecule has 1 aromatic rings. The lowest BCUT2D eigenvalue weighted by Crippen LogP contribution is -2.33. The van der Waals surface area contributed by atoms with Gasteiger partial charge in [-0.15, -0.1) is 0 Å². The zero-order valence-electron chi connectivity index (χ0n) is 12.0. The van der Waals surface area contributed by atoms with E-state index in [0.717, 1.165) is 13.0 Å². The molecule has 1 N–H and O–H groups in total. The largest absolute Gasteiger partial charge is 0.314 e. The molecule has 2 atom stereocenters. The third-order valence-corrected chi connectivity index (χ3v) is 4.27. The molecule has 0 aromatic carbocycles. The SMILES string of the molecule is CCNC(C)C(C)Cc1ccn(C2CCCC2)n1. The molecule has 0 bridgehead atoms. The van der Waals surface area contributed by atoms with Crippen LogP contribution in [0, 0.1) is 5.92 Å². The molecule has 0 amide bonds. The predicted octanol–water partition coefficient (Wildman–Crippen LogP) is 3.17. The molecule has 1 fully saturated rings. The standard InChI is InChI=1S/C15H27N3/c1-4-16-13(3)12(2)11-14-9-10-18(17-14)15-7-5-6-8-15/h9-10,12-13,15-16H,4-8,11H2,1-3H3. The summed E-state index contributed by atoms with van der Waals surface area (Å²) in [4.78, 5) is 0. The summed E-state index contributed by atoms with van der Waals surface area (Å²) in [6.45, 7) is 7.78. The second-order valence-electron chi connectivity index (χ2n) is 5.75. The molecule has 0 aliphatic heterocycles. The molecule has 1 aromatic heterocycles. The van der Waals surface area contributed by atoms with Crippen molar-refractivity contribution in [3.05, 3.63) is 18.0 Å². The third kappa shape index (κ3) is 3.35. The summed E-state index contributed by atoms with van der Waals surface area (Å²) >= 11 is 0. The Balaban J connectivity index is 1.89. The van der Waals surface area contributed by atoms with Crippen LogP contribution in [-0.4, -0.2) is 22.4 Å². The molecule has 1 aliphatic rings. The molecule has 3 heteroatoms. The summed E-state index contributed by atoms with van der Waals surface area (Å²) in [5, 5.41) is 8.26. The molecular formula is C15H27N3. The molecule has 0 radical (unpaired) electrons. The van der Waals surface area contributed by atoms with Crippen LogP contribution in [0.15, 0.2) is 12.3 Å². The first-order valence-corrected chi connectivity index (χ1v) is 7.48. The maximum absolute atomic E-state index is 4.76. The predicted molar refractivity (Wildman–Crippen MR) is 75.7 cm³/mol. The van der Waals surface area contributed by atoms with Crippen molar-refractivity contribution in [1.82, 2.24) is 15.1 Å². The Morgan fingerprint density at radius 3 is 2.78 bits per heavy atom. The van der Waals surface area contributed by atoms with Crippen LogP contribution in [0.1, 0.15) is 58.2 Å². The van der Waals surface area contributed by atoms with Crippen LogP contribution in [0.3, 0.4) is 0 Å². The van der Waals surface area contributed by atoms with Gasteiger partial charge in [-0.25, -0.2) is 0 Å². The normalized spacial score (nSPS) is 20.2. The smallest absolute Gasteiger partial charge is 0.0627 e. The van der Waals surface area contributed by atoms with Crippen molar-refractivity contribution in [1.29, 1.82) is 0 Å². The highest BCUT2D eigenvalue weighted by molar-refractivity contribution is 5.02. The van der Waals surface area contributed by atoms with Crippen LogP contribution in [0.2, 0.25) is 0 Å². The lowest BCUT2D eigenvalue weighted by Gasteiger charge is -2.19. The molecule has 102 valence electrons. The summed E-state index contributed by atoms with van der Waals surface area (Å²) in [6, 6.07) is 3.43. The Labute approximate surface area is 111 Å². The van der Waals surface area contributed by atoms with Gasteiger partial charge in [0, 0.05) is 12.2 Å². The third-order valence-electron chi connectivity index (χ3n) is 4.27. The van der Waals surface area contributed by atoms with Gasteiger partial charge in [-0.3, -0.25) is 4.68 Å². The van der Waals surface area contributed by atoms with Gasteiger partial charge in [-0.2, -0.15) is 5.10 Å². The van der Waals surface area contributed by atoms with Gasteiger partial charge in [0.2, 0.25) is 0 Å². The van der Waals surface area contributed by atoms with Gasteiger partial charge in [0.25, 0.3) is 0 Å². The fraction of sp³-hybridized carbons (Fsp3) is 0.800. The van der Waals surface area contributed by atoms with Crippen LogP contribution in [0.4, 0.5) is 0 Å². The van der Waals surface area contributed by atoms with Crippen molar-refractivity contribution < 1.29 is 0 Å². The van der Waals surface area contributed by atoms with E-state index in [4.69, 9.17) is 5.10 Å². The quantitative estimate of drug-likeness (QED) is 0.839. The molecular weight excluding hydrogens is 222 g/mol. The maximum Gasteiger partial charge on any atom is 0.0627 e. The Bertz CT molecular complexity index is 352. The summed E-state index contributed by atoms with van der Waals surface area (Å²) in [5.74, 6) is 0.636. The van der Waals surface area contributed by atoms with E-state index in [9.17, 15) is 0 Å². The number of nitrogens with one attached hydrogen (secondary N) is 1. The van der Waals surface area contributed by atoms with Gasteiger partial charge in [0.05, 0.1) is 11.7 Å². The van der Waals surface area contributed by atoms with Crippen LogP contribution in [0.5, 0.6) is 0 Å². The molecule has 2 rings (SSSR count). The van der Waals surface area contributed by atoms with Crippen molar-refractivity contribution in [2.24, 2.45) is 5.92 Å². The number of nitrogens with zero attached hydrogens (tertiary/aromatic N) is 2. The van der Waals surface area contributed by atoms with E-state index >= 15 is 0 Å². The minimum absolute atomic E-state index is 0.562. The minimum atomic E-state index is 0.562. The Kier molecular flexibility index (Phi) is 4.81. The van der Waals surface area contributed by atoms with Crippen molar-refractivity contribution in [3.63, 3.8) is 0 Å². The highest BCUT2D eigenvalue weighted by Crippen LogP contribution is 2.28. The van der Waals surface area contributed by atoms with Crippen molar-refractivity contribution >= 4 is 0 Å². The fourth-order valence-corrected chi connectivity index (χ4v) is 2.89. The van der Waals surface area contributed by atoms with Crippen molar-refractivity contribution in [2.45, 2.75) is 65.0 Å². The van der Waals surface area contributed by atoms with E-state index in [-0.39, 0.29) is 0 Å². The van der Waals surface area contributed by atoms with Gasteiger partial charge >= 0.3 is 0 Å². The summed E-state index contributed by atoms with van der Waals surface area (Å²) < 4.78 is 2.20. The summed E-state index contributed by atoms with van der Waals surface area (Å²) in [6.07, 6.45) is 8.61. The first kappa shape index (κ1) is 13.6. The highest BCUT2D eigenvalue weighted by Gasteiger charge is 2.18. The molecule has 1 saturated carbocycles. The molecule has 18 heavy (non-hydrogen) atoms. The number of rotatable bonds is 6. The Hall–Kier alpha value is -0.830. The summed E-state index contributed by atoms with van der Waals surface area (Å²) in [7, 11) is 0. The first-order chi connectivity index (χ1) is 8.70. The fourth-order valence-electron chi connectivity index (χ4n) is 2.89. The van der Waals surface area contributed by atoms with Crippen molar-refractivity contribution in [3.8, 4) is 0 Å². The Morgan fingerprint density at radius 2 is 2.11 bits per heavy atom. The molecule has 2 unspecified atom stereocenters. The van der Waals surface area contributed by atoms with Crippen LogP contribution < -0.4 is 5.32 Å². The van der Waals surface area contributed by atoms with Gasteiger partial charge in [0.1, 0.15) is 0 Å². The number of aromatic nitrogens is 2. The van der Waals surface area contributed by atoms with Gasteiger partial charge in [0.15, 0.2) is 0 Å². The average Bonchev–Trinajstić information content (AvgIpc) is 2.98. The van der Waals surface area contributed by atoms with E-state index in [1.807, 2.05) is 0 Å². The zero-order chi connectivity index (χ0) is 13.0. The summed E-state index contributed by atoms with van der Waals surface area (Å²) in [5.41, 5.74) is 1.25. The monoisotopic (exact) mass is 249 g/mol. The Morgan fingerprint density at radius 1 is 1.39 bits per heavy atom. The molecule has 3 nitrogen and oxygen atoms in total. The highest BCUT2D eigenvalue weighted by atomic mass is 15.3. The molecule has 1 aliphatic carbocycles. The van der Waals surface area contributed by atoms with E-state index in [1.54, 1.807) is 0 Å². The number of hydrogen-bond acceptors (Lipinski definition) is 2. The second kappa shape index (κ2) is 6.37. The maximum atomic E-state index is 4.76. The zero-order valence-corrected chi connectivity index (χ0v) is 12.0. The van der Waals surface area contributed by atoms with E-state index in [2.05, 4.69) is 43.0 Å².